The Hall–Kier alpha value is -0.490. The van der Waals surface area contributed by atoms with Gasteiger partial charge in [0.2, 0.25) is 0 Å². The molecule has 96 valence electrons. The molecule has 0 unspecified atom stereocenters. The number of hydrogen-bond donors (Lipinski definition) is 1. The maximum absolute atomic E-state index is 6.07. The fourth-order valence-corrected chi connectivity index (χ4v) is 2.68. The summed E-state index contributed by atoms with van der Waals surface area (Å²) in [4.78, 5) is 0. The molecule has 1 aromatic heterocycles. The van der Waals surface area contributed by atoms with Crippen LogP contribution >= 0.6 is 38.9 Å². The van der Waals surface area contributed by atoms with Gasteiger partial charge in [-0.1, -0.05) is 35.9 Å². The molecule has 2 aromatic rings. The SMILES string of the molecule is CCCNCc1nnc(-c2ccc(Br)c(Cl)c2)s1. The number of nitrogens with zero attached hydrogens (tertiary/aromatic N) is 2. The van der Waals surface area contributed by atoms with E-state index in [1.165, 1.54) is 0 Å². The number of rotatable bonds is 5. The normalized spacial score (nSPS) is 10.8. The first-order valence-electron chi connectivity index (χ1n) is 5.69. The Labute approximate surface area is 124 Å². The van der Waals surface area contributed by atoms with Gasteiger partial charge < -0.3 is 5.32 Å². The van der Waals surface area contributed by atoms with Crippen LogP contribution in [0.15, 0.2) is 22.7 Å². The average molecular weight is 347 g/mol. The van der Waals surface area contributed by atoms with Gasteiger partial charge in [-0.25, -0.2) is 0 Å². The van der Waals surface area contributed by atoms with Gasteiger partial charge in [0.15, 0.2) is 0 Å². The van der Waals surface area contributed by atoms with E-state index in [0.29, 0.717) is 5.02 Å². The van der Waals surface area contributed by atoms with E-state index in [4.69, 9.17) is 11.6 Å². The minimum atomic E-state index is 0.688. The van der Waals surface area contributed by atoms with Crippen molar-refractivity contribution in [3.63, 3.8) is 0 Å². The van der Waals surface area contributed by atoms with Gasteiger partial charge in [-0.15, -0.1) is 10.2 Å². The number of nitrogens with one attached hydrogen (secondary N) is 1. The zero-order valence-corrected chi connectivity index (χ0v) is 13.1. The minimum Gasteiger partial charge on any atom is -0.310 e. The van der Waals surface area contributed by atoms with E-state index in [1.807, 2.05) is 18.2 Å². The quantitative estimate of drug-likeness (QED) is 0.828. The van der Waals surface area contributed by atoms with Crippen molar-refractivity contribution in [2.45, 2.75) is 19.9 Å². The van der Waals surface area contributed by atoms with Crippen molar-refractivity contribution in [1.82, 2.24) is 15.5 Å². The number of halogens is 2. The molecule has 6 heteroatoms. The zero-order chi connectivity index (χ0) is 13.0. The highest BCUT2D eigenvalue weighted by atomic mass is 79.9. The van der Waals surface area contributed by atoms with Gasteiger partial charge >= 0.3 is 0 Å². The van der Waals surface area contributed by atoms with Crippen LogP contribution in [0.1, 0.15) is 18.4 Å². The molecule has 1 aromatic carbocycles. The van der Waals surface area contributed by atoms with Gasteiger partial charge in [0.1, 0.15) is 10.0 Å². The summed E-state index contributed by atoms with van der Waals surface area (Å²) in [5, 5.41) is 14.3. The monoisotopic (exact) mass is 345 g/mol. The summed E-state index contributed by atoms with van der Waals surface area (Å²) >= 11 is 11.0. The number of aromatic nitrogens is 2. The molecule has 0 aliphatic rings. The van der Waals surface area contributed by atoms with Crippen LogP contribution < -0.4 is 5.32 Å². The summed E-state index contributed by atoms with van der Waals surface area (Å²) < 4.78 is 0.891. The molecule has 0 atom stereocenters. The van der Waals surface area contributed by atoms with E-state index in [9.17, 15) is 0 Å². The van der Waals surface area contributed by atoms with Crippen molar-refractivity contribution in [3.05, 3.63) is 32.7 Å². The lowest BCUT2D eigenvalue weighted by molar-refractivity contribution is 0.668. The van der Waals surface area contributed by atoms with E-state index in [-0.39, 0.29) is 0 Å². The molecule has 0 saturated heterocycles. The average Bonchev–Trinajstić information content (AvgIpc) is 2.82. The van der Waals surface area contributed by atoms with Crippen LogP contribution in [0.3, 0.4) is 0 Å². The van der Waals surface area contributed by atoms with Crippen LogP contribution in [-0.4, -0.2) is 16.7 Å². The highest BCUT2D eigenvalue weighted by molar-refractivity contribution is 9.10. The number of hydrogen-bond acceptors (Lipinski definition) is 4. The third-order valence-corrected chi connectivity index (χ3v) is 4.54. The topological polar surface area (TPSA) is 37.8 Å². The summed E-state index contributed by atoms with van der Waals surface area (Å²) in [6, 6.07) is 5.81. The van der Waals surface area contributed by atoms with Gasteiger partial charge in [-0.3, -0.25) is 0 Å². The fourth-order valence-electron chi connectivity index (χ4n) is 1.44. The lowest BCUT2D eigenvalue weighted by atomic mass is 10.2. The smallest absolute Gasteiger partial charge is 0.147 e. The lowest BCUT2D eigenvalue weighted by Gasteiger charge is -1.99. The van der Waals surface area contributed by atoms with Crippen LogP contribution in [0.5, 0.6) is 0 Å². The molecule has 0 spiro atoms. The first-order valence-corrected chi connectivity index (χ1v) is 7.68. The second-order valence-electron chi connectivity index (χ2n) is 3.81. The van der Waals surface area contributed by atoms with Gasteiger partial charge in [0, 0.05) is 16.6 Å². The molecule has 18 heavy (non-hydrogen) atoms. The highest BCUT2D eigenvalue weighted by Gasteiger charge is 2.08. The molecule has 0 saturated carbocycles. The first-order chi connectivity index (χ1) is 8.70. The first kappa shape index (κ1) is 13.9. The minimum absolute atomic E-state index is 0.688. The number of benzene rings is 1. The van der Waals surface area contributed by atoms with Crippen molar-refractivity contribution in [2.24, 2.45) is 0 Å². The van der Waals surface area contributed by atoms with Gasteiger partial charge in [0.25, 0.3) is 0 Å². The van der Waals surface area contributed by atoms with Crippen molar-refractivity contribution >= 4 is 38.9 Å². The highest BCUT2D eigenvalue weighted by Crippen LogP contribution is 2.30. The summed E-state index contributed by atoms with van der Waals surface area (Å²) in [6.07, 6.45) is 1.12. The fraction of sp³-hybridized carbons (Fsp3) is 0.333. The van der Waals surface area contributed by atoms with Crippen LogP contribution in [-0.2, 0) is 6.54 Å². The largest absolute Gasteiger partial charge is 0.310 e. The summed E-state index contributed by atoms with van der Waals surface area (Å²) in [5.41, 5.74) is 1.00. The molecule has 0 aliphatic heterocycles. The third kappa shape index (κ3) is 3.51. The molecule has 1 heterocycles. The van der Waals surface area contributed by atoms with Crippen molar-refractivity contribution in [3.8, 4) is 10.6 Å². The third-order valence-electron chi connectivity index (χ3n) is 2.34. The second kappa shape index (κ2) is 6.61. The van der Waals surface area contributed by atoms with E-state index >= 15 is 0 Å². The van der Waals surface area contributed by atoms with Crippen LogP contribution in [0, 0.1) is 0 Å². The molecular formula is C12H13BrClN3S. The lowest BCUT2D eigenvalue weighted by Crippen LogP contribution is -2.13. The molecule has 1 N–H and O–H groups in total. The Morgan fingerprint density at radius 2 is 2.22 bits per heavy atom. The Morgan fingerprint density at radius 1 is 1.39 bits per heavy atom. The summed E-state index contributed by atoms with van der Waals surface area (Å²) in [6.45, 7) is 3.91. The molecule has 2 rings (SSSR count). The van der Waals surface area contributed by atoms with Crippen molar-refractivity contribution in [2.75, 3.05) is 6.54 Å². The molecule has 0 radical (unpaired) electrons. The van der Waals surface area contributed by atoms with Crippen LogP contribution in [0.2, 0.25) is 5.02 Å². The van der Waals surface area contributed by atoms with E-state index in [1.54, 1.807) is 11.3 Å². The molecule has 0 aliphatic carbocycles. The maximum atomic E-state index is 6.07. The Bertz CT molecular complexity index is 530. The molecule has 0 fully saturated rings. The summed E-state index contributed by atoms with van der Waals surface area (Å²) in [7, 11) is 0. The predicted octanol–water partition coefficient (Wildman–Crippen LogP) is 4.12. The van der Waals surface area contributed by atoms with E-state index in [0.717, 1.165) is 39.6 Å². The molecule has 0 bridgehead atoms. The van der Waals surface area contributed by atoms with Crippen molar-refractivity contribution in [1.29, 1.82) is 0 Å². The summed E-state index contributed by atoms with van der Waals surface area (Å²) in [5.74, 6) is 0. The standard InChI is InChI=1S/C12H13BrClN3S/c1-2-5-15-7-11-16-17-12(18-11)8-3-4-9(13)10(14)6-8/h3-4,6,15H,2,5,7H2,1H3. The van der Waals surface area contributed by atoms with Crippen LogP contribution in [0.25, 0.3) is 10.6 Å². The Morgan fingerprint density at radius 3 is 2.94 bits per heavy atom. The second-order valence-corrected chi connectivity index (χ2v) is 6.13. The van der Waals surface area contributed by atoms with E-state index < -0.39 is 0 Å². The molecular weight excluding hydrogens is 334 g/mol. The Kier molecular flexibility index (Phi) is 5.12. The van der Waals surface area contributed by atoms with Crippen molar-refractivity contribution < 1.29 is 0 Å². The maximum Gasteiger partial charge on any atom is 0.147 e. The van der Waals surface area contributed by atoms with Gasteiger partial charge in [-0.2, -0.15) is 0 Å². The molecule has 0 amide bonds. The molecule has 3 nitrogen and oxygen atoms in total. The Balaban J connectivity index is 2.11. The van der Waals surface area contributed by atoms with Gasteiger partial charge in [0.05, 0.1) is 5.02 Å². The van der Waals surface area contributed by atoms with Crippen LogP contribution in [0.4, 0.5) is 0 Å². The predicted molar refractivity (Wildman–Crippen MR) is 80.1 cm³/mol. The van der Waals surface area contributed by atoms with E-state index in [2.05, 4.69) is 38.4 Å². The van der Waals surface area contributed by atoms with Gasteiger partial charge in [-0.05, 0) is 41.0 Å². The zero-order valence-electron chi connectivity index (χ0n) is 9.91.